The van der Waals surface area contributed by atoms with Gasteiger partial charge in [0, 0.05) is 0 Å². The molecule has 12 heavy (non-hydrogen) atoms. The third-order valence-electron chi connectivity index (χ3n) is 1.95. The number of rotatable bonds is 6. The first-order valence-corrected chi connectivity index (χ1v) is 16.8. The first-order valence-electron chi connectivity index (χ1n) is 4.94. The van der Waals surface area contributed by atoms with Crippen molar-refractivity contribution in [2.75, 3.05) is 0 Å². The first kappa shape index (κ1) is 11.8. The van der Waals surface area contributed by atoms with Crippen molar-refractivity contribution in [2.24, 2.45) is 0 Å². The van der Waals surface area contributed by atoms with Crippen LogP contribution in [0.5, 0.6) is 0 Å². The Balaban J connectivity index is 1.89. The Morgan fingerprint density at radius 1 is 0.833 bits per heavy atom. The molecule has 0 spiro atoms. The summed E-state index contributed by atoms with van der Waals surface area (Å²) in [5.41, 5.74) is 0. The van der Waals surface area contributed by atoms with E-state index in [0.29, 0.717) is 0 Å². The van der Waals surface area contributed by atoms with Crippen molar-refractivity contribution in [2.45, 2.75) is 47.8 Å². The summed E-state index contributed by atoms with van der Waals surface area (Å²) in [6.07, 6.45) is 5.68. The molecule has 1 saturated heterocycles. The van der Waals surface area contributed by atoms with Gasteiger partial charge in [-0.15, -0.1) is 0 Å². The molecule has 0 aromatic heterocycles. The molecule has 1 heterocycles. The molecule has 0 aliphatic carbocycles. The topological polar surface area (TPSA) is 24.1 Å². The van der Waals surface area contributed by atoms with Gasteiger partial charge >= 0.3 is 94.9 Å². The van der Waals surface area contributed by atoms with Gasteiger partial charge in [0.05, 0.1) is 0 Å². The summed E-state index contributed by atoms with van der Waals surface area (Å²) in [7, 11) is 0. The van der Waals surface area contributed by atoms with E-state index in [2.05, 4.69) is 16.3 Å². The second kappa shape index (κ2) is 7.04. The molecule has 0 bridgehead atoms. The quantitative estimate of drug-likeness (QED) is 0.483. The summed E-state index contributed by atoms with van der Waals surface area (Å²) in [6.45, 7) is 4.59. The second-order valence-corrected chi connectivity index (χ2v) is 28.5. The van der Waals surface area contributed by atoms with Crippen molar-refractivity contribution in [3.63, 3.8) is 0 Å². The first-order chi connectivity index (χ1) is 5.86. The van der Waals surface area contributed by atoms with Crippen molar-refractivity contribution in [3.8, 4) is 0 Å². The molecule has 1 aliphatic heterocycles. The summed E-state index contributed by atoms with van der Waals surface area (Å²) in [4.78, 5) is 0. The Bertz CT molecular complexity index is 104. The van der Waals surface area contributed by atoms with E-state index in [-0.39, 0.29) is 0 Å². The molecule has 0 aromatic rings. The van der Waals surface area contributed by atoms with E-state index < -0.39 is 44.7 Å². The third-order valence-corrected chi connectivity index (χ3v) is 44.6. The Hall–Kier alpha value is 1.69. The Labute approximate surface area is 93.8 Å². The van der Waals surface area contributed by atoms with Gasteiger partial charge in [-0.05, 0) is 0 Å². The molecule has 4 heteroatoms. The minimum absolute atomic E-state index is 1.11. The molecule has 1 fully saturated rings. The van der Waals surface area contributed by atoms with E-state index in [1.807, 2.05) is 0 Å². The maximum atomic E-state index is 3.95. The van der Waals surface area contributed by atoms with E-state index in [4.69, 9.17) is 0 Å². The fourth-order valence-electron chi connectivity index (χ4n) is 1.12. The fourth-order valence-corrected chi connectivity index (χ4v) is 43.4. The van der Waals surface area contributed by atoms with Crippen LogP contribution in [-0.2, 0) is 0 Å². The molecule has 0 radical (unpaired) electrons. The third kappa shape index (κ3) is 4.27. The molecule has 0 amide bonds. The Kier molecular flexibility index (Phi) is 6.90. The van der Waals surface area contributed by atoms with Crippen LogP contribution in [0.15, 0.2) is 0 Å². The Morgan fingerprint density at radius 2 is 1.25 bits per heavy atom. The number of unbranched alkanes of at least 4 members (excludes halogenated alkanes) is 2. The van der Waals surface area contributed by atoms with Crippen molar-refractivity contribution in [3.05, 3.63) is 0 Å². The van der Waals surface area contributed by atoms with Crippen LogP contribution in [0.3, 0.4) is 0 Å². The van der Waals surface area contributed by atoms with Crippen LogP contribution >= 0.6 is 0 Å². The molecule has 0 saturated carbocycles. The molecule has 2 N–H and O–H groups in total. The normalized spacial score (nSPS) is 19.5. The zero-order valence-corrected chi connectivity index (χ0v) is 15.1. The van der Waals surface area contributed by atoms with Gasteiger partial charge in [-0.2, -0.15) is 0 Å². The van der Waals surface area contributed by atoms with E-state index in [1.165, 1.54) is 25.7 Å². The maximum absolute atomic E-state index is 3.95. The van der Waals surface area contributed by atoms with Crippen molar-refractivity contribution >= 4 is 44.7 Å². The van der Waals surface area contributed by atoms with E-state index in [1.54, 1.807) is 8.26 Å². The van der Waals surface area contributed by atoms with E-state index in [0.717, 1.165) is 0 Å². The number of hydrogen-bond acceptors (Lipinski definition) is 2. The summed E-state index contributed by atoms with van der Waals surface area (Å²) < 4.78 is 11.0. The van der Waals surface area contributed by atoms with E-state index in [9.17, 15) is 0 Å². The number of hydrogen-bond donors (Lipinski definition) is 2. The Morgan fingerprint density at radius 3 is 1.58 bits per heavy atom. The van der Waals surface area contributed by atoms with Crippen LogP contribution in [-0.4, -0.2) is 44.7 Å². The SMILES string of the molecule is CCC[CH2][Bi]1[NH][Bi]([CH2]CCC)[NH]1. The predicted molar refractivity (Wildman–Crippen MR) is 57.2 cm³/mol. The van der Waals surface area contributed by atoms with Gasteiger partial charge in [0.25, 0.3) is 0 Å². The number of nitrogens with one attached hydrogen (secondary N) is 2. The summed E-state index contributed by atoms with van der Waals surface area (Å²) in [5.74, 6) is 0. The van der Waals surface area contributed by atoms with Gasteiger partial charge in [-0.1, -0.05) is 0 Å². The standard InChI is InChI=1S/2C4H9.2Bi.2HN/c2*1-3-4-2;;;;/h2*1,3-4H2,2H3;;;2*1H. The fraction of sp³-hybridized carbons (Fsp3) is 1.00. The zero-order valence-electron chi connectivity index (χ0n) is 8.14. The van der Waals surface area contributed by atoms with Gasteiger partial charge in [0.15, 0.2) is 0 Å². The van der Waals surface area contributed by atoms with Gasteiger partial charge in [0.2, 0.25) is 0 Å². The summed E-state index contributed by atoms with van der Waals surface area (Å²) in [5, 5.41) is 0. The van der Waals surface area contributed by atoms with Crippen LogP contribution < -0.4 is 2.41 Å². The predicted octanol–water partition coefficient (Wildman–Crippen LogP) is 1.76. The van der Waals surface area contributed by atoms with Gasteiger partial charge in [-0.25, -0.2) is 0 Å². The van der Waals surface area contributed by atoms with Gasteiger partial charge < -0.3 is 0 Å². The molecule has 0 unspecified atom stereocenters. The average Bonchev–Trinajstić information content (AvgIpc) is 2.01. The van der Waals surface area contributed by atoms with Crippen LogP contribution in [0.1, 0.15) is 39.5 Å². The van der Waals surface area contributed by atoms with Crippen LogP contribution in [0.2, 0.25) is 8.26 Å². The molecular weight excluding hydrogens is 542 g/mol. The summed E-state index contributed by atoms with van der Waals surface area (Å²) in [6, 6.07) is 0. The van der Waals surface area contributed by atoms with Crippen molar-refractivity contribution < 1.29 is 0 Å². The van der Waals surface area contributed by atoms with Crippen LogP contribution in [0.4, 0.5) is 0 Å². The van der Waals surface area contributed by atoms with Crippen LogP contribution in [0, 0.1) is 0 Å². The molecular formula is C8H20Bi2N2. The second-order valence-electron chi connectivity index (χ2n) is 3.21. The molecule has 1 aliphatic rings. The monoisotopic (exact) mass is 562 g/mol. The van der Waals surface area contributed by atoms with Crippen LogP contribution in [0.25, 0.3) is 0 Å². The zero-order chi connectivity index (χ0) is 8.81. The molecule has 1 rings (SSSR count). The van der Waals surface area contributed by atoms with Crippen molar-refractivity contribution in [1.82, 2.24) is 2.41 Å². The molecule has 0 aromatic carbocycles. The molecule has 0 atom stereocenters. The van der Waals surface area contributed by atoms with Crippen molar-refractivity contribution in [1.29, 1.82) is 0 Å². The van der Waals surface area contributed by atoms with Gasteiger partial charge in [-0.3, -0.25) is 0 Å². The summed E-state index contributed by atoms with van der Waals surface area (Å²) >= 11 is -2.21. The molecule has 72 valence electrons. The van der Waals surface area contributed by atoms with Gasteiger partial charge in [0.1, 0.15) is 0 Å². The average molecular weight is 562 g/mol. The minimum atomic E-state index is -1.11. The molecule has 2 nitrogen and oxygen atoms in total. The van der Waals surface area contributed by atoms with E-state index >= 15 is 0 Å².